The minimum Gasteiger partial charge on any atom is -0.332 e. The normalized spacial score (nSPS) is 11.6. The third kappa shape index (κ3) is 5.98. The number of amides is 1. The van der Waals surface area contributed by atoms with Gasteiger partial charge in [0, 0.05) is 31.9 Å². The molecule has 0 spiro atoms. The van der Waals surface area contributed by atoms with E-state index in [1.54, 1.807) is 34.0 Å². The number of rotatable bonds is 8. The number of carbonyl (C=O) groups is 1. The molecule has 0 aliphatic carbocycles. The Balaban J connectivity index is 2.17. The molecule has 0 saturated heterocycles. The van der Waals surface area contributed by atoms with Crippen molar-refractivity contribution < 1.29 is 18.0 Å². The van der Waals surface area contributed by atoms with Crippen LogP contribution >= 0.6 is 0 Å². The lowest BCUT2D eigenvalue weighted by Gasteiger charge is -2.22. The summed E-state index contributed by atoms with van der Waals surface area (Å²) in [5.74, 6) is 0.847. The predicted octanol–water partition coefficient (Wildman–Crippen LogP) is 4.51. The zero-order chi connectivity index (χ0) is 20.0. The van der Waals surface area contributed by atoms with Gasteiger partial charge in [-0.1, -0.05) is 32.1 Å². The molecule has 0 fully saturated rings. The summed E-state index contributed by atoms with van der Waals surface area (Å²) in [5, 5.41) is 0. The van der Waals surface area contributed by atoms with Gasteiger partial charge in [0.2, 0.25) is 5.91 Å². The molecule has 0 N–H and O–H groups in total. The minimum atomic E-state index is -4.38. The van der Waals surface area contributed by atoms with E-state index in [-0.39, 0.29) is 24.9 Å². The number of alkyl halides is 3. The lowest BCUT2D eigenvalue weighted by atomic mass is 10.1. The van der Waals surface area contributed by atoms with Crippen LogP contribution in [0.1, 0.15) is 37.2 Å². The van der Waals surface area contributed by atoms with Gasteiger partial charge >= 0.3 is 6.18 Å². The summed E-state index contributed by atoms with van der Waals surface area (Å²) in [7, 11) is 0. The summed E-state index contributed by atoms with van der Waals surface area (Å²) < 4.78 is 40.5. The molecule has 0 unspecified atom stereocenters. The second-order valence-electron chi connectivity index (χ2n) is 6.83. The predicted molar refractivity (Wildman–Crippen MR) is 97.8 cm³/mol. The van der Waals surface area contributed by atoms with Crippen molar-refractivity contribution >= 4 is 5.91 Å². The van der Waals surface area contributed by atoms with Gasteiger partial charge in [-0.15, -0.1) is 6.58 Å². The summed E-state index contributed by atoms with van der Waals surface area (Å²) in [6.45, 7) is 8.55. The van der Waals surface area contributed by atoms with E-state index in [1.165, 1.54) is 6.07 Å². The van der Waals surface area contributed by atoms with Crippen LogP contribution in [-0.4, -0.2) is 26.9 Å². The van der Waals surface area contributed by atoms with Gasteiger partial charge < -0.3 is 9.47 Å². The van der Waals surface area contributed by atoms with Crippen LogP contribution in [0.5, 0.6) is 0 Å². The van der Waals surface area contributed by atoms with Gasteiger partial charge in [0.1, 0.15) is 5.82 Å². The molecular formula is C20H24F3N3O. The molecule has 2 aromatic rings. The van der Waals surface area contributed by atoms with Crippen molar-refractivity contribution in [3.8, 4) is 0 Å². The largest absolute Gasteiger partial charge is 0.416 e. The van der Waals surface area contributed by atoms with Crippen molar-refractivity contribution in [1.82, 2.24) is 14.5 Å². The Kier molecular flexibility index (Phi) is 6.82. The van der Waals surface area contributed by atoms with Crippen LogP contribution in [0.4, 0.5) is 13.2 Å². The average Bonchev–Trinajstić information content (AvgIpc) is 3.00. The first-order chi connectivity index (χ1) is 12.7. The summed E-state index contributed by atoms with van der Waals surface area (Å²) in [4.78, 5) is 18.3. The Bertz CT molecular complexity index is 781. The Morgan fingerprint density at radius 2 is 2.11 bits per heavy atom. The zero-order valence-corrected chi connectivity index (χ0v) is 15.5. The molecule has 0 radical (unpaired) electrons. The number of carbonyl (C=O) groups excluding carboxylic acids is 1. The van der Waals surface area contributed by atoms with E-state index in [1.807, 2.05) is 13.8 Å². The molecular weight excluding hydrogens is 355 g/mol. The zero-order valence-electron chi connectivity index (χ0n) is 15.5. The monoisotopic (exact) mass is 379 g/mol. The fourth-order valence-corrected chi connectivity index (χ4v) is 2.74. The fraction of sp³-hybridized carbons (Fsp3) is 0.400. The molecule has 2 rings (SSSR count). The maximum atomic E-state index is 12.9. The van der Waals surface area contributed by atoms with Crippen molar-refractivity contribution in [2.45, 2.75) is 39.5 Å². The third-order valence-electron chi connectivity index (χ3n) is 4.03. The second kappa shape index (κ2) is 8.88. The first-order valence-corrected chi connectivity index (χ1v) is 8.75. The maximum absolute atomic E-state index is 12.9. The van der Waals surface area contributed by atoms with Gasteiger partial charge in [-0.05, 0) is 23.6 Å². The van der Waals surface area contributed by atoms with Crippen LogP contribution in [0.3, 0.4) is 0 Å². The van der Waals surface area contributed by atoms with E-state index in [9.17, 15) is 18.0 Å². The van der Waals surface area contributed by atoms with Crippen molar-refractivity contribution in [1.29, 1.82) is 0 Å². The molecule has 0 atom stereocenters. The van der Waals surface area contributed by atoms with Crippen LogP contribution in [-0.2, 0) is 24.1 Å². The molecule has 146 valence electrons. The molecule has 1 aromatic carbocycles. The smallest absolute Gasteiger partial charge is 0.332 e. The molecule has 0 aliphatic rings. The van der Waals surface area contributed by atoms with Gasteiger partial charge in [-0.25, -0.2) is 4.98 Å². The minimum absolute atomic E-state index is 0.00137. The highest BCUT2D eigenvalue weighted by Crippen LogP contribution is 2.29. The molecule has 1 aromatic heterocycles. The summed E-state index contributed by atoms with van der Waals surface area (Å²) in [6.07, 6.45) is 0.981. The van der Waals surface area contributed by atoms with E-state index in [0.717, 1.165) is 12.1 Å². The highest BCUT2D eigenvalue weighted by molar-refractivity contribution is 5.76. The molecule has 27 heavy (non-hydrogen) atoms. The fourth-order valence-electron chi connectivity index (χ4n) is 2.74. The lowest BCUT2D eigenvalue weighted by Crippen LogP contribution is -2.32. The summed E-state index contributed by atoms with van der Waals surface area (Å²) >= 11 is 0. The van der Waals surface area contributed by atoms with Crippen LogP contribution in [0.2, 0.25) is 0 Å². The molecule has 0 aliphatic heterocycles. The SMILES string of the molecule is C=CCN(Cc1nccn1Cc1cccc(C(F)(F)F)c1)C(=O)CC(C)C. The molecule has 0 saturated carbocycles. The number of aromatic nitrogens is 2. The van der Waals surface area contributed by atoms with Gasteiger partial charge in [0.05, 0.1) is 12.1 Å². The standard InChI is InChI=1S/C20H24F3N3O/c1-4-9-26(19(27)11-15(2)3)14-18-24-8-10-25(18)13-16-6-5-7-17(12-16)20(21,22)23/h4-8,10,12,15H,1,9,11,13-14H2,2-3H3. The van der Waals surface area contributed by atoms with Crippen LogP contribution < -0.4 is 0 Å². The van der Waals surface area contributed by atoms with E-state index in [4.69, 9.17) is 0 Å². The average molecular weight is 379 g/mol. The first kappa shape index (κ1) is 20.7. The van der Waals surface area contributed by atoms with Crippen LogP contribution in [0.15, 0.2) is 49.3 Å². The quantitative estimate of drug-likeness (QED) is 0.633. The van der Waals surface area contributed by atoms with E-state index in [2.05, 4.69) is 11.6 Å². The molecule has 0 bridgehead atoms. The topological polar surface area (TPSA) is 38.1 Å². The van der Waals surface area contributed by atoms with E-state index >= 15 is 0 Å². The number of hydrogen-bond donors (Lipinski definition) is 0. The molecule has 7 heteroatoms. The van der Waals surface area contributed by atoms with Crippen molar-refractivity contribution in [3.05, 3.63) is 66.3 Å². The number of halogens is 3. The van der Waals surface area contributed by atoms with Crippen molar-refractivity contribution in [3.63, 3.8) is 0 Å². The number of hydrogen-bond acceptors (Lipinski definition) is 2. The molecule has 1 heterocycles. The number of imidazole rings is 1. The Morgan fingerprint density at radius 3 is 2.74 bits per heavy atom. The molecule has 4 nitrogen and oxygen atoms in total. The highest BCUT2D eigenvalue weighted by atomic mass is 19.4. The van der Waals surface area contributed by atoms with Gasteiger partial charge in [-0.3, -0.25) is 4.79 Å². The second-order valence-corrected chi connectivity index (χ2v) is 6.83. The van der Waals surface area contributed by atoms with E-state index < -0.39 is 11.7 Å². The lowest BCUT2D eigenvalue weighted by molar-refractivity contribution is -0.137. The van der Waals surface area contributed by atoms with E-state index in [0.29, 0.717) is 24.4 Å². The Hall–Kier alpha value is -2.57. The molecule has 1 amide bonds. The summed E-state index contributed by atoms with van der Waals surface area (Å²) in [6, 6.07) is 5.22. The number of nitrogens with zero attached hydrogens (tertiary/aromatic N) is 3. The van der Waals surface area contributed by atoms with Crippen LogP contribution in [0.25, 0.3) is 0 Å². The first-order valence-electron chi connectivity index (χ1n) is 8.75. The maximum Gasteiger partial charge on any atom is 0.416 e. The van der Waals surface area contributed by atoms with Gasteiger partial charge in [0.25, 0.3) is 0 Å². The number of benzene rings is 1. The van der Waals surface area contributed by atoms with Gasteiger partial charge in [0.15, 0.2) is 0 Å². The third-order valence-corrected chi connectivity index (χ3v) is 4.03. The highest BCUT2D eigenvalue weighted by Gasteiger charge is 2.30. The Morgan fingerprint density at radius 1 is 1.37 bits per heavy atom. The van der Waals surface area contributed by atoms with Crippen molar-refractivity contribution in [2.75, 3.05) is 6.54 Å². The van der Waals surface area contributed by atoms with Gasteiger partial charge in [-0.2, -0.15) is 13.2 Å². The Labute approximate surface area is 157 Å². The summed E-state index contributed by atoms with van der Waals surface area (Å²) in [5.41, 5.74) is -0.157. The van der Waals surface area contributed by atoms with Crippen LogP contribution in [0, 0.1) is 5.92 Å². The van der Waals surface area contributed by atoms with Crippen molar-refractivity contribution in [2.24, 2.45) is 5.92 Å².